The van der Waals surface area contributed by atoms with Crippen LogP contribution in [0.2, 0.25) is 36.3 Å². The quantitative estimate of drug-likeness (QED) is 0.267. The van der Waals surface area contributed by atoms with Crippen LogP contribution >= 0.6 is 15.9 Å². The maximum atomic E-state index is 12.8. The monoisotopic (exact) mass is 624 g/mol. The van der Waals surface area contributed by atoms with E-state index < -0.39 is 50.8 Å². The number of halogens is 1. The third-order valence-electron chi connectivity index (χ3n) is 8.10. The van der Waals surface area contributed by atoms with E-state index in [0.29, 0.717) is 5.33 Å². The van der Waals surface area contributed by atoms with Gasteiger partial charge >= 0.3 is 0 Å². The highest BCUT2D eigenvalue weighted by Crippen LogP contribution is 2.52. The van der Waals surface area contributed by atoms with Crippen molar-refractivity contribution < 1.29 is 26.2 Å². The van der Waals surface area contributed by atoms with Crippen molar-refractivity contribution in [3.63, 3.8) is 0 Å². The van der Waals surface area contributed by atoms with Crippen LogP contribution < -0.4 is 5.73 Å². The molecule has 2 N–H and O–H groups in total. The maximum Gasteiger partial charge on any atom is 0.292 e. The second kappa shape index (κ2) is 9.54. The summed E-state index contributed by atoms with van der Waals surface area (Å²) in [6, 6.07) is 0. The molecule has 1 spiro atoms. The number of nitrogens with two attached hydrogens (primary N) is 1. The fourth-order valence-corrected chi connectivity index (χ4v) is 7.67. The Morgan fingerprint density at radius 3 is 2.19 bits per heavy atom. The fourth-order valence-electron chi connectivity index (χ4n) is 3.76. The number of aromatic nitrogens is 3. The van der Waals surface area contributed by atoms with Gasteiger partial charge in [-0.05, 0) is 36.3 Å². The van der Waals surface area contributed by atoms with Crippen LogP contribution in [-0.4, -0.2) is 64.5 Å². The van der Waals surface area contributed by atoms with Gasteiger partial charge in [0.15, 0.2) is 28.5 Å². The van der Waals surface area contributed by atoms with E-state index in [2.05, 4.69) is 94.0 Å². The normalized spacial score (nSPS) is 29.2. The van der Waals surface area contributed by atoms with Crippen LogP contribution in [0.15, 0.2) is 17.3 Å². The van der Waals surface area contributed by atoms with E-state index in [-0.39, 0.29) is 22.4 Å². The highest BCUT2D eigenvalue weighted by Gasteiger charge is 2.67. The molecule has 0 saturated carbocycles. The van der Waals surface area contributed by atoms with Crippen LogP contribution in [0.1, 0.15) is 53.5 Å². The number of nitrogens with zero attached hydrogens (tertiary/aromatic N) is 3. The lowest BCUT2D eigenvalue weighted by atomic mass is 9.89. The highest BCUT2D eigenvalue weighted by molar-refractivity contribution is 9.08. The zero-order valence-electron chi connectivity index (χ0n) is 23.0. The number of alkyl halides is 1. The van der Waals surface area contributed by atoms with Gasteiger partial charge < -0.3 is 19.3 Å². The Morgan fingerprint density at radius 2 is 1.72 bits per heavy atom. The van der Waals surface area contributed by atoms with Crippen LogP contribution in [0.25, 0.3) is 0 Å². The molecule has 0 aromatic carbocycles. The topological polar surface area (TPSA) is 128 Å². The minimum atomic E-state index is -4.06. The Labute approximate surface area is 225 Å². The number of rotatable bonds is 7. The molecule has 1 aromatic heterocycles. The van der Waals surface area contributed by atoms with Crippen LogP contribution in [0, 0.1) is 0 Å². The standard InChI is InChI=1S/C22H41BrN4O6SSi2/c1-20(2,3)35(7,8)30-13-17-22(16(24)14-34(28,29)33-22)18(32-36(9,10)21(4,5)6)19(31-17)27-15(11-23)12-25-26-27/h12,14,17-19H,11,13,24H2,1-10H3/t17-,18+,19-,22-/m1/s1. The summed E-state index contributed by atoms with van der Waals surface area (Å²) in [7, 11) is -8.77. The number of hydrogen-bond donors (Lipinski definition) is 1. The molecule has 1 aromatic rings. The van der Waals surface area contributed by atoms with Crippen LogP contribution in [0.4, 0.5) is 0 Å². The third-order valence-corrected chi connectivity index (χ3v) is 18.7. The SMILES string of the molecule is CC(C)(C)[Si](C)(C)OC[C@H]1O[C@@H](n2nncc2CBr)[C@H](O[Si](C)(C)C(C)(C)C)[C@]12OS(=O)(=O)C=C2N. The molecule has 3 heterocycles. The van der Waals surface area contributed by atoms with Crippen molar-refractivity contribution in [2.45, 2.75) is 107 Å². The van der Waals surface area contributed by atoms with Gasteiger partial charge in [0.1, 0.15) is 12.2 Å². The highest BCUT2D eigenvalue weighted by atomic mass is 79.9. The summed E-state index contributed by atoms with van der Waals surface area (Å²) < 4.78 is 53.0. The van der Waals surface area contributed by atoms with E-state index in [4.69, 9.17) is 23.5 Å². The zero-order valence-corrected chi connectivity index (χ0v) is 27.4. The second-order valence-electron chi connectivity index (χ2n) is 12.6. The molecule has 2 aliphatic heterocycles. The number of ether oxygens (including phenoxy) is 1. The van der Waals surface area contributed by atoms with Crippen molar-refractivity contribution in [3.05, 3.63) is 23.0 Å². The number of hydrogen-bond acceptors (Lipinski definition) is 9. The molecule has 206 valence electrons. The lowest BCUT2D eigenvalue weighted by Gasteiger charge is -2.43. The summed E-state index contributed by atoms with van der Waals surface area (Å²) >= 11 is 3.48. The van der Waals surface area contributed by atoms with Crippen molar-refractivity contribution >= 4 is 42.7 Å². The first-order valence-electron chi connectivity index (χ1n) is 12.0. The lowest BCUT2D eigenvalue weighted by molar-refractivity contribution is -0.0603. The Kier molecular flexibility index (Phi) is 7.93. The molecule has 0 bridgehead atoms. The van der Waals surface area contributed by atoms with Crippen molar-refractivity contribution in [3.8, 4) is 0 Å². The summed E-state index contributed by atoms with van der Waals surface area (Å²) in [5.74, 6) is 0. The predicted octanol–water partition coefficient (Wildman–Crippen LogP) is 4.38. The van der Waals surface area contributed by atoms with Crippen molar-refractivity contribution in [2.75, 3.05) is 6.61 Å². The summed E-state index contributed by atoms with van der Waals surface area (Å²) in [5.41, 5.74) is 5.67. The minimum absolute atomic E-state index is 0.0399. The van der Waals surface area contributed by atoms with Crippen molar-refractivity contribution in [2.24, 2.45) is 5.73 Å². The second-order valence-corrected chi connectivity index (χ2v) is 24.1. The molecular weight excluding hydrogens is 584 g/mol. The largest absolute Gasteiger partial charge is 0.414 e. The Morgan fingerprint density at radius 1 is 1.14 bits per heavy atom. The third kappa shape index (κ3) is 5.29. The van der Waals surface area contributed by atoms with E-state index >= 15 is 0 Å². The maximum absolute atomic E-state index is 12.8. The van der Waals surface area contributed by atoms with Gasteiger partial charge in [0, 0.05) is 5.33 Å². The fraction of sp³-hybridized carbons (Fsp3) is 0.818. The molecule has 1 saturated heterocycles. The van der Waals surface area contributed by atoms with Crippen LogP contribution in [-0.2, 0) is 33.2 Å². The summed E-state index contributed by atoms with van der Waals surface area (Å²) in [6.45, 7) is 21.3. The first kappa shape index (κ1) is 29.9. The summed E-state index contributed by atoms with van der Waals surface area (Å²) in [4.78, 5) is 0. The smallest absolute Gasteiger partial charge is 0.292 e. The van der Waals surface area contributed by atoms with Crippen LogP contribution in [0.3, 0.4) is 0 Å². The van der Waals surface area contributed by atoms with Gasteiger partial charge in [0.25, 0.3) is 10.1 Å². The van der Waals surface area contributed by atoms with Crippen molar-refractivity contribution in [1.82, 2.24) is 15.0 Å². The lowest BCUT2D eigenvalue weighted by Crippen LogP contribution is -2.59. The van der Waals surface area contributed by atoms with Crippen molar-refractivity contribution in [1.29, 1.82) is 0 Å². The molecule has 0 radical (unpaired) electrons. The first-order chi connectivity index (χ1) is 16.2. The summed E-state index contributed by atoms with van der Waals surface area (Å²) in [5, 5.41) is 9.51. The molecule has 10 nitrogen and oxygen atoms in total. The molecule has 14 heteroatoms. The van der Waals surface area contributed by atoms with E-state index in [1.807, 2.05) is 0 Å². The Balaban J connectivity index is 2.16. The van der Waals surface area contributed by atoms with E-state index in [0.717, 1.165) is 11.1 Å². The molecule has 0 aliphatic carbocycles. The molecule has 0 unspecified atom stereocenters. The molecule has 0 amide bonds. The molecule has 36 heavy (non-hydrogen) atoms. The van der Waals surface area contributed by atoms with Gasteiger partial charge in [-0.1, -0.05) is 62.7 Å². The van der Waals surface area contributed by atoms with Gasteiger partial charge in [-0.25, -0.2) is 8.86 Å². The Bertz CT molecular complexity index is 1110. The average molecular weight is 626 g/mol. The van der Waals surface area contributed by atoms with Gasteiger partial charge in [0.05, 0.1) is 29.6 Å². The molecular formula is C22H41BrN4O6SSi2. The molecule has 3 rings (SSSR count). The van der Waals surface area contributed by atoms with E-state index in [1.165, 1.54) is 0 Å². The first-order valence-corrected chi connectivity index (χ1v) is 20.4. The minimum Gasteiger partial charge on any atom is -0.414 e. The van der Waals surface area contributed by atoms with Gasteiger partial charge in [-0.2, -0.15) is 8.42 Å². The molecule has 2 aliphatic rings. The zero-order chi connectivity index (χ0) is 27.5. The van der Waals surface area contributed by atoms with E-state index in [1.54, 1.807) is 10.9 Å². The van der Waals surface area contributed by atoms with Gasteiger partial charge in [-0.3, -0.25) is 0 Å². The Hall–Kier alpha value is -0.616. The summed E-state index contributed by atoms with van der Waals surface area (Å²) in [6.07, 6.45) is -0.965. The van der Waals surface area contributed by atoms with E-state index in [9.17, 15) is 8.42 Å². The molecule has 1 fully saturated rings. The van der Waals surface area contributed by atoms with Gasteiger partial charge in [0.2, 0.25) is 0 Å². The molecule has 4 atom stereocenters. The average Bonchev–Trinajstić information content (AvgIpc) is 3.34. The van der Waals surface area contributed by atoms with Gasteiger partial charge in [-0.15, -0.1) is 5.10 Å². The predicted molar refractivity (Wildman–Crippen MR) is 147 cm³/mol. The van der Waals surface area contributed by atoms with Crippen LogP contribution in [0.5, 0.6) is 0 Å².